The Morgan fingerprint density at radius 1 is 0.667 bits per heavy atom. The highest BCUT2D eigenvalue weighted by atomic mass is 31.2. The molecule has 102 valence electrons. The van der Waals surface area contributed by atoms with Crippen molar-refractivity contribution in [2.45, 2.75) is 0 Å². The largest absolute Gasteiger partial charge is 0.329 e. The highest BCUT2D eigenvalue weighted by Crippen LogP contribution is 2.51. The third-order valence-corrected chi connectivity index (χ3v) is 6.51. The molecule has 0 amide bonds. The standard InChI is InChI=1S/C18H14NOP/c20-21(14-8-2-1-3-9-14)18-13-7-5-11-16(18)15-10-4-6-12-17(15)19-21/h1-13H,(H,19,20). The van der Waals surface area contributed by atoms with Crippen LogP contribution in [-0.2, 0) is 4.57 Å². The van der Waals surface area contributed by atoms with Gasteiger partial charge in [-0.15, -0.1) is 0 Å². The van der Waals surface area contributed by atoms with Crippen molar-refractivity contribution < 1.29 is 4.57 Å². The van der Waals surface area contributed by atoms with Gasteiger partial charge in [0.25, 0.3) is 0 Å². The molecule has 0 fully saturated rings. The molecule has 0 saturated heterocycles. The molecule has 1 heterocycles. The second kappa shape index (κ2) is 4.61. The van der Waals surface area contributed by atoms with Crippen LogP contribution in [0.3, 0.4) is 0 Å². The van der Waals surface area contributed by atoms with E-state index in [0.29, 0.717) is 0 Å². The molecule has 1 aliphatic rings. The Hall–Kier alpha value is -2.31. The summed E-state index contributed by atoms with van der Waals surface area (Å²) in [5.74, 6) is 0. The van der Waals surface area contributed by atoms with Gasteiger partial charge in [0, 0.05) is 21.9 Å². The minimum Gasteiger partial charge on any atom is -0.329 e. The molecule has 1 atom stereocenters. The summed E-state index contributed by atoms with van der Waals surface area (Å²) in [6.07, 6.45) is 0. The first-order chi connectivity index (χ1) is 10.3. The SMILES string of the molecule is O=P1(c2ccccc2)Nc2ccccc2-c2ccccc21. The van der Waals surface area contributed by atoms with Crippen LogP contribution < -0.4 is 15.7 Å². The van der Waals surface area contributed by atoms with Crippen LogP contribution in [0.15, 0.2) is 78.9 Å². The number of hydrogen-bond acceptors (Lipinski definition) is 1. The fourth-order valence-electron chi connectivity index (χ4n) is 2.86. The monoisotopic (exact) mass is 291 g/mol. The zero-order chi connectivity index (χ0) is 14.3. The minimum atomic E-state index is -2.84. The van der Waals surface area contributed by atoms with Crippen molar-refractivity contribution in [3.63, 3.8) is 0 Å². The van der Waals surface area contributed by atoms with Crippen molar-refractivity contribution in [1.29, 1.82) is 0 Å². The van der Waals surface area contributed by atoms with Gasteiger partial charge in [-0.1, -0.05) is 54.6 Å². The lowest BCUT2D eigenvalue weighted by Gasteiger charge is -2.30. The third-order valence-electron chi connectivity index (χ3n) is 3.86. The normalized spacial score (nSPS) is 19.2. The van der Waals surface area contributed by atoms with Crippen LogP contribution >= 0.6 is 7.29 Å². The van der Waals surface area contributed by atoms with Gasteiger partial charge < -0.3 is 5.09 Å². The predicted molar refractivity (Wildman–Crippen MR) is 88.8 cm³/mol. The van der Waals surface area contributed by atoms with Crippen molar-refractivity contribution in [2.24, 2.45) is 0 Å². The molecule has 1 unspecified atom stereocenters. The van der Waals surface area contributed by atoms with Crippen molar-refractivity contribution in [2.75, 3.05) is 5.09 Å². The van der Waals surface area contributed by atoms with E-state index >= 15 is 0 Å². The number of fused-ring (bicyclic) bond motifs is 3. The highest BCUT2D eigenvalue weighted by molar-refractivity contribution is 7.80. The summed E-state index contributed by atoms with van der Waals surface area (Å²) in [6.45, 7) is 0. The lowest BCUT2D eigenvalue weighted by molar-refractivity contribution is 0.590. The van der Waals surface area contributed by atoms with E-state index in [1.165, 1.54) is 0 Å². The molecule has 0 saturated carbocycles. The van der Waals surface area contributed by atoms with Gasteiger partial charge in [-0.3, -0.25) is 4.57 Å². The van der Waals surface area contributed by atoms with E-state index in [1.54, 1.807) is 0 Å². The number of benzene rings is 3. The van der Waals surface area contributed by atoms with E-state index in [0.717, 1.165) is 27.4 Å². The Balaban J connectivity index is 2.03. The molecule has 0 spiro atoms. The van der Waals surface area contributed by atoms with Gasteiger partial charge in [-0.05, 0) is 29.8 Å². The summed E-state index contributed by atoms with van der Waals surface area (Å²) in [5.41, 5.74) is 3.10. The summed E-state index contributed by atoms with van der Waals surface area (Å²) in [5, 5.41) is 5.03. The first-order valence-corrected chi connectivity index (χ1v) is 8.63. The molecule has 2 nitrogen and oxygen atoms in total. The van der Waals surface area contributed by atoms with Crippen LogP contribution in [0.1, 0.15) is 0 Å². The summed E-state index contributed by atoms with van der Waals surface area (Å²) in [6, 6.07) is 25.6. The van der Waals surface area contributed by atoms with E-state index in [9.17, 15) is 4.57 Å². The Bertz CT molecular complexity index is 858. The number of rotatable bonds is 1. The average Bonchev–Trinajstić information content (AvgIpc) is 2.56. The predicted octanol–water partition coefficient (Wildman–Crippen LogP) is 4.01. The summed E-state index contributed by atoms with van der Waals surface area (Å²) in [4.78, 5) is 0. The fraction of sp³-hybridized carbons (Fsp3) is 0. The molecule has 3 heteroatoms. The molecule has 1 aliphatic heterocycles. The van der Waals surface area contributed by atoms with Crippen molar-refractivity contribution >= 4 is 23.6 Å². The van der Waals surface area contributed by atoms with Crippen molar-refractivity contribution in [1.82, 2.24) is 0 Å². The maximum absolute atomic E-state index is 13.7. The summed E-state index contributed by atoms with van der Waals surface area (Å²) in [7, 11) is -2.84. The van der Waals surface area contributed by atoms with Crippen LogP contribution in [0.25, 0.3) is 11.1 Å². The lowest BCUT2D eigenvalue weighted by atomic mass is 10.0. The molecule has 3 aromatic carbocycles. The van der Waals surface area contributed by atoms with Gasteiger partial charge in [0.1, 0.15) is 0 Å². The molecular weight excluding hydrogens is 277 g/mol. The van der Waals surface area contributed by atoms with E-state index in [4.69, 9.17) is 0 Å². The zero-order valence-electron chi connectivity index (χ0n) is 11.4. The van der Waals surface area contributed by atoms with Gasteiger partial charge in [0.15, 0.2) is 0 Å². The Morgan fingerprint density at radius 2 is 1.29 bits per heavy atom. The smallest absolute Gasteiger partial charge is 0.227 e. The Labute approximate surface area is 123 Å². The molecule has 4 rings (SSSR count). The van der Waals surface area contributed by atoms with Crippen molar-refractivity contribution in [3.8, 4) is 11.1 Å². The first kappa shape index (κ1) is 12.4. The topological polar surface area (TPSA) is 29.1 Å². The summed E-state index contributed by atoms with van der Waals surface area (Å²) >= 11 is 0. The average molecular weight is 291 g/mol. The molecule has 0 aromatic heterocycles. The molecule has 0 radical (unpaired) electrons. The third kappa shape index (κ3) is 1.84. The minimum absolute atomic E-state index is 0.840. The molecule has 0 aliphatic carbocycles. The second-order valence-corrected chi connectivity index (χ2v) is 7.56. The van der Waals surface area contributed by atoms with Crippen LogP contribution in [0, 0.1) is 0 Å². The van der Waals surface area contributed by atoms with Crippen LogP contribution in [0.2, 0.25) is 0 Å². The number of nitrogens with one attached hydrogen (secondary N) is 1. The van der Waals surface area contributed by atoms with Crippen molar-refractivity contribution in [3.05, 3.63) is 78.9 Å². The maximum atomic E-state index is 13.7. The number of hydrogen-bond donors (Lipinski definition) is 1. The van der Waals surface area contributed by atoms with Gasteiger partial charge in [0.05, 0.1) is 0 Å². The van der Waals surface area contributed by atoms with Gasteiger partial charge in [-0.25, -0.2) is 0 Å². The Kier molecular flexibility index (Phi) is 2.73. The highest BCUT2D eigenvalue weighted by Gasteiger charge is 2.34. The van der Waals surface area contributed by atoms with Gasteiger partial charge in [-0.2, -0.15) is 0 Å². The quantitative estimate of drug-likeness (QED) is 0.686. The molecule has 21 heavy (non-hydrogen) atoms. The van der Waals surface area contributed by atoms with Crippen LogP contribution in [0.5, 0.6) is 0 Å². The number of para-hydroxylation sites is 1. The lowest BCUT2D eigenvalue weighted by Crippen LogP contribution is -2.26. The zero-order valence-corrected chi connectivity index (χ0v) is 12.3. The summed E-state index contributed by atoms with van der Waals surface area (Å²) < 4.78 is 13.7. The van der Waals surface area contributed by atoms with E-state index in [2.05, 4.69) is 11.2 Å². The molecular formula is C18H14NOP. The van der Waals surface area contributed by atoms with Gasteiger partial charge >= 0.3 is 0 Å². The fourth-order valence-corrected chi connectivity index (χ4v) is 5.35. The van der Waals surface area contributed by atoms with Gasteiger partial charge in [0.2, 0.25) is 7.29 Å². The second-order valence-electron chi connectivity index (χ2n) is 5.12. The van der Waals surface area contributed by atoms with E-state index in [1.807, 2.05) is 72.8 Å². The van der Waals surface area contributed by atoms with Crippen LogP contribution in [-0.4, -0.2) is 0 Å². The molecule has 1 N–H and O–H groups in total. The van der Waals surface area contributed by atoms with E-state index in [-0.39, 0.29) is 0 Å². The maximum Gasteiger partial charge on any atom is 0.227 e. The first-order valence-electron chi connectivity index (χ1n) is 6.92. The van der Waals surface area contributed by atoms with E-state index < -0.39 is 7.29 Å². The number of anilines is 1. The molecule has 0 bridgehead atoms. The Morgan fingerprint density at radius 3 is 2.10 bits per heavy atom. The molecule has 3 aromatic rings. The van der Waals surface area contributed by atoms with Crippen LogP contribution in [0.4, 0.5) is 5.69 Å².